The van der Waals surface area contributed by atoms with Crippen molar-refractivity contribution in [3.8, 4) is 11.8 Å². The number of carbonyl (C=O) groups is 2. The maximum absolute atomic E-state index is 11.9. The minimum absolute atomic E-state index is 0.0502. The van der Waals surface area contributed by atoms with Gasteiger partial charge in [0, 0.05) is 17.7 Å². The molecule has 0 fully saturated rings. The summed E-state index contributed by atoms with van der Waals surface area (Å²) in [5.41, 5.74) is 1.07. The molecule has 0 radical (unpaired) electrons. The van der Waals surface area contributed by atoms with Gasteiger partial charge in [-0.05, 0) is 24.6 Å². The summed E-state index contributed by atoms with van der Waals surface area (Å²) in [6, 6.07) is 6.70. The molecule has 0 spiro atoms. The quantitative estimate of drug-likeness (QED) is 0.675. The maximum Gasteiger partial charge on any atom is 0.251 e. The van der Waals surface area contributed by atoms with Crippen molar-refractivity contribution in [3.63, 3.8) is 0 Å². The first-order valence-corrected chi connectivity index (χ1v) is 6.42. The van der Waals surface area contributed by atoms with Crippen LogP contribution >= 0.6 is 0 Å². The Labute approximate surface area is 118 Å². The highest BCUT2D eigenvalue weighted by molar-refractivity contribution is 5.96. The van der Waals surface area contributed by atoms with Gasteiger partial charge < -0.3 is 15.7 Å². The second-order valence-corrected chi connectivity index (χ2v) is 4.07. The molecule has 0 aromatic heterocycles. The fourth-order valence-corrected chi connectivity index (χ4v) is 1.47. The number of hydrogen-bond acceptors (Lipinski definition) is 3. The molecule has 0 saturated carbocycles. The Balaban J connectivity index is 2.57. The van der Waals surface area contributed by atoms with E-state index < -0.39 is 0 Å². The zero-order valence-electron chi connectivity index (χ0n) is 11.4. The minimum Gasteiger partial charge on any atom is -0.384 e. The lowest BCUT2D eigenvalue weighted by Gasteiger charge is -2.06. The molecule has 0 aliphatic carbocycles. The summed E-state index contributed by atoms with van der Waals surface area (Å²) >= 11 is 0. The molecule has 1 aromatic carbocycles. The SMILES string of the molecule is CCCNC(=O)CNC(=O)c1cccc(C#CCO)c1. The van der Waals surface area contributed by atoms with Crippen LogP contribution in [0.3, 0.4) is 0 Å². The van der Waals surface area contributed by atoms with E-state index >= 15 is 0 Å². The zero-order chi connectivity index (χ0) is 14.8. The van der Waals surface area contributed by atoms with Gasteiger partial charge in [-0.1, -0.05) is 24.8 Å². The van der Waals surface area contributed by atoms with Gasteiger partial charge in [0.1, 0.15) is 6.61 Å². The Morgan fingerprint density at radius 3 is 2.80 bits per heavy atom. The molecule has 20 heavy (non-hydrogen) atoms. The van der Waals surface area contributed by atoms with Gasteiger partial charge in [-0.2, -0.15) is 0 Å². The third-order valence-corrected chi connectivity index (χ3v) is 2.42. The first-order valence-electron chi connectivity index (χ1n) is 6.42. The van der Waals surface area contributed by atoms with Gasteiger partial charge in [-0.25, -0.2) is 0 Å². The fourth-order valence-electron chi connectivity index (χ4n) is 1.47. The van der Waals surface area contributed by atoms with Crippen molar-refractivity contribution in [2.45, 2.75) is 13.3 Å². The lowest BCUT2D eigenvalue weighted by atomic mass is 10.1. The van der Waals surface area contributed by atoms with Crippen LogP contribution in [0.4, 0.5) is 0 Å². The summed E-state index contributed by atoms with van der Waals surface area (Å²) < 4.78 is 0. The number of amides is 2. The topological polar surface area (TPSA) is 78.4 Å². The lowest BCUT2D eigenvalue weighted by Crippen LogP contribution is -2.37. The molecule has 0 aliphatic heterocycles. The Bertz CT molecular complexity index is 529. The first kappa shape index (κ1) is 15.7. The largest absolute Gasteiger partial charge is 0.384 e. The van der Waals surface area contributed by atoms with E-state index in [1.807, 2.05) is 6.92 Å². The van der Waals surface area contributed by atoms with Crippen molar-refractivity contribution < 1.29 is 14.7 Å². The summed E-state index contributed by atoms with van der Waals surface area (Å²) in [6.07, 6.45) is 0.852. The Kier molecular flexibility index (Phi) is 6.87. The molecule has 0 heterocycles. The highest BCUT2D eigenvalue weighted by atomic mass is 16.2. The van der Waals surface area contributed by atoms with Crippen LogP contribution < -0.4 is 10.6 Å². The molecule has 3 N–H and O–H groups in total. The van der Waals surface area contributed by atoms with Crippen LogP contribution in [-0.4, -0.2) is 36.6 Å². The third-order valence-electron chi connectivity index (χ3n) is 2.42. The molecular weight excluding hydrogens is 256 g/mol. The van der Waals surface area contributed by atoms with Gasteiger partial charge in [0.25, 0.3) is 5.91 Å². The molecule has 0 unspecified atom stereocenters. The van der Waals surface area contributed by atoms with Crippen LogP contribution in [0.25, 0.3) is 0 Å². The summed E-state index contributed by atoms with van der Waals surface area (Å²) in [7, 11) is 0. The number of hydrogen-bond donors (Lipinski definition) is 3. The van der Waals surface area contributed by atoms with Gasteiger partial charge in [0.2, 0.25) is 5.91 Å². The highest BCUT2D eigenvalue weighted by Gasteiger charge is 2.07. The van der Waals surface area contributed by atoms with E-state index in [-0.39, 0.29) is 25.0 Å². The number of nitrogens with one attached hydrogen (secondary N) is 2. The first-order chi connectivity index (χ1) is 9.67. The van der Waals surface area contributed by atoms with Gasteiger partial charge in [0.15, 0.2) is 0 Å². The van der Waals surface area contributed by atoms with Crippen molar-refractivity contribution in [2.24, 2.45) is 0 Å². The molecular formula is C15H18N2O3. The summed E-state index contributed by atoms with van der Waals surface area (Å²) in [5.74, 6) is 4.70. The van der Waals surface area contributed by atoms with Crippen LogP contribution in [0.15, 0.2) is 24.3 Å². The number of benzene rings is 1. The van der Waals surface area contributed by atoms with E-state index in [0.29, 0.717) is 17.7 Å². The average molecular weight is 274 g/mol. The Morgan fingerprint density at radius 1 is 1.30 bits per heavy atom. The van der Waals surface area contributed by atoms with Crippen molar-refractivity contribution in [2.75, 3.05) is 19.7 Å². The normalized spacial score (nSPS) is 9.30. The smallest absolute Gasteiger partial charge is 0.251 e. The van der Waals surface area contributed by atoms with E-state index in [9.17, 15) is 9.59 Å². The molecule has 0 atom stereocenters. The number of carbonyl (C=O) groups excluding carboxylic acids is 2. The van der Waals surface area contributed by atoms with Crippen molar-refractivity contribution in [1.82, 2.24) is 10.6 Å². The summed E-state index contributed by atoms with van der Waals surface area (Å²) in [4.78, 5) is 23.2. The molecule has 2 amide bonds. The third kappa shape index (κ3) is 5.55. The van der Waals surface area contributed by atoms with E-state index in [0.717, 1.165) is 6.42 Å². The number of aliphatic hydroxyl groups is 1. The van der Waals surface area contributed by atoms with Crippen molar-refractivity contribution in [3.05, 3.63) is 35.4 Å². The van der Waals surface area contributed by atoms with Crippen LogP contribution in [0.2, 0.25) is 0 Å². The molecule has 1 rings (SSSR count). The minimum atomic E-state index is -0.329. The molecule has 5 heteroatoms. The van der Waals surface area contributed by atoms with Crippen molar-refractivity contribution in [1.29, 1.82) is 0 Å². The van der Waals surface area contributed by atoms with Crippen LogP contribution in [0.1, 0.15) is 29.3 Å². The molecule has 0 saturated heterocycles. The second kappa shape index (κ2) is 8.73. The van der Waals surface area contributed by atoms with Gasteiger partial charge >= 0.3 is 0 Å². The van der Waals surface area contributed by atoms with Crippen LogP contribution in [0.5, 0.6) is 0 Å². The van der Waals surface area contributed by atoms with E-state index in [4.69, 9.17) is 5.11 Å². The average Bonchev–Trinajstić information content (AvgIpc) is 2.48. The van der Waals surface area contributed by atoms with Gasteiger partial charge in [0.05, 0.1) is 6.54 Å². The van der Waals surface area contributed by atoms with E-state index in [2.05, 4.69) is 22.5 Å². The monoisotopic (exact) mass is 274 g/mol. The van der Waals surface area contributed by atoms with Crippen LogP contribution in [0, 0.1) is 11.8 Å². The summed E-state index contributed by atoms with van der Waals surface area (Å²) in [5, 5.41) is 13.8. The fraction of sp³-hybridized carbons (Fsp3) is 0.333. The number of rotatable bonds is 5. The predicted octanol–water partition coefficient (Wildman–Crippen LogP) is 0.286. The van der Waals surface area contributed by atoms with Crippen molar-refractivity contribution >= 4 is 11.8 Å². The standard InChI is InChI=1S/C15H18N2O3/c1-2-8-16-14(19)11-17-15(20)13-7-3-5-12(10-13)6-4-9-18/h3,5,7,10,18H,2,8-9,11H2,1H3,(H,16,19)(H,17,20). The predicted molar refractivity (Wildman–Crippen MR) is 76.0 cm³/mol. The summed E-state index contributed by atoms with van der Waals surface area (Å²) in [6.45, 7) is 2.28. The van der Waals surface area contributed by atoms with E-state index in [1.165, 1.54) is 0 Å². The number of aliphatic hydroxyl groups excluding tert-OH is 1. The maximum atomic E-state index is 11.9. The molecule has 1 aromatic rings. The molecule has 0 aliphatic rings. The molecule has 106 valence electrons. The Hall–Kier alpha value is -2.32. The van der Waals surface area contributed by atoms with Gasteiger partial charge in [-0.15, -0.1) is 0 Å². The molecule has 0 bridgehead atoms. The zero-order valence-corrected chi connectivity index (χ0v) is 11.4. The van der Waals surface area contributed by atoms with Gasteiger partial charge in [-0.3, -0.25) is 9.59 Å². The molecule has 5 nitrogen and oxygen atoms in total. The highest BCUT2D eigenvalue weighted by Crippen LogP contribution is 2.03. The second-order valence-electron chi connectivity index (χ2n) is 4.07. The Morgan fingerprint density at radius 2 is 2.10 bits per heavy atom. The van der Waals surface area contributed by atoms with Crippen LogP contribution in [-0.2, 0) is 4.79 Å². The van der Waals surface area contributed by atoms with E-state index in [1.54, 1.807) is 24.3 Å². The lowest BCUT2D eigenvalue weighted by molar-refractivity contribution is -0.120.